The molecule has 1 aliphatic heterocycles. The van der Waals surface area contributed by atoms with Crippen molar-refractivity contribution in [2.24, 2.45) is 4.99 Å². The van der Waals surface area contributed by atoms with Gasteiger partial charge in [-0.1, -0.05) is 27.3 Å². The fourth-order valence-electron chi connectivity index (χ4n) is 1.75. The first-order valence-electron chi connectivity index (χ1n) is 5.11. The molecule has 1 aromatic carbocycles. The van der Waals surface area contributed by atoms with Crippen molar-refractivity contribution in [1.29, 1.82) is 0 Å². The number of halogens is 1. The number of nitrogens with zero attached hydrogens (tertiary/aromatic N) is 1. The van der Waals surface area contributed by atoms with E-state index >= 15 is 0 Å². The molecular weight excluding hydrogens is 316 g/mol. The molecule has 1 aromatic heterocycles. The number of aliphatic imine (C=N–C) groups is 1. The summed E-state index contributed by atoms with van der Waals surface area (Å²) in [6.07, 6.45) is 3.47. The molecule has 0 bridgehead atoms. The average molecular weight is 323 g/mol. The predicted octanol–water partition coefficient (Wildman–Crippen LogP) is 3.16. The number of benzene rings is 1. The van der Waals surface area contributed by atoms with E-state index in [0.717, 1.165) is 32.6 Å². The van der Waals surface area contributed by atoms with Gasteiger partial charge in [0.05, 0.1) is 10.6 Å². The first-order chi connectivity index (χ1) is 8.63. The van der Waals surface area contributed by atoms with Crippen LogP contribution in [0.5, 0.6) is 5.88 Å². The molecule has 0 amide bonds. The third-order valence-corrected chi connectivity index (χ3v) is 3.87. The lowest BCUT2D eigenvalue weighted by molar-refractivity contribution is 0.455. The summed E-state index contributed by atoms with van der Waals surface area (Å²) in [5.74, 6) is -0.102. The Morgan fingerprint density at radius 1 is 1.44 bits per heavy atom. The summed E-state index contributed by atoms with van der Waals surface area (Å²) in [4.78, 5) is 18.0. The maximum absolute atomic E-state index is 11.1. The van der Waals surface area contributed by atoms with Crippen LogP contribution in [0.2, 0.25) is 0 Å². The van der Waals surface area contributed by atoms with Gasteiger partial charge in [-0.15, -0.1) is 0 Å². The van der Waals surface area contributed by atoms with E-state index in [2.05, 4.69) is 25.9 Å². The van der Waals surface area contributed by atoms with Crippen molar-refractivity contribution < 1.29 is 5.11 Å². The van der Waals surface area contributed by atoms with Gasteiger partial charge in [0.15, 0.2) is 0 Å². The van der Waals surface area contributed by atoms with Crippen LogP contribution in [0.25, 0.3) is 11.6 Å². The second kappa shape index (κ2) is 4.22. The molecule has 2 aromatic rings. The predicted molar refractivity (Wildman–Crippen MR) is 76.8 cm³/mol. The summed E-state index contributed by atoms with van der Waals surface area (Å²) in [6.45, 7) is 0. The van der Waals surface area contributed by atoms with Crippen LogP contribution >= 0.6 is 27.3 Å². The Morgan fingerprint density at radius 3 is 3.00 bits per heavy atom. The summed E-state index contributed by atoms with van der Waals surface area (Å²) in [7, 11) is 0. The van der Waals surface area contributed by atoms with E-state index in [1.54, 1.807) is 12.3 Å². The molecule has 18 heavy (non-hydrogen) atoms. The van der Waals surface area contributed by atoms with Crippen LogP contribution in [0.15, 0.2) is 32.5 Å². The Labute approximate surface area is 114 Å². The maximum Gasteiger partial charge on any atom is 0.307 e. The molecule has 0 aliphatic carbocycles. The van der Waals surface area contributed by atoms with Gasteiger partial charge in [-0.25, -0.2) is 0 Å². The number of aromatic amines is 1. The fourth-order valence-corrected chi connectivity index (χ4v) is 2.79. The molecule has 1 aliphatic rings. The molecule has 0 spiro atoms. The van der Waals surface area contributed by atoms with Gasteiger partial charge in [0, 0.05) is 21.8 Å². The lowest BCUT2D eigenvalue weighted by Gasteiger charge is -1.99. The van der Waals surface area contributed by atoms with Gasteiger partial charge >= 0.3 is 4.87 Å². The van der Waals surface area contributed by atoms with Gasteiger partial charge < -0.3 is 5.11 Å². The zero-order valence-corrected chi connectivity index (χ0v) is 11.4. The Morgan fingerprint density at radius 2 is 2.28 bits per heavy atom. The van der Waals surface area contributed by atoms with E-state index in [9.17, 15) is 9.90 Å². The fraction of sp³-hybridized carbons (Fsp3) is 0. The van der Waals surface area contributed by atoms with Crippen molar-refractivity contribution in [3.8, 4) is 5.88 Å². The maximum atomic E-state index is 11.1. The van der Waals surface area contributed by atoms with Crippen LogP contribution in [-0.2, 0) is 0 Å². The Balaban J connectivity index is 2.11. The van der Waals surface area contributed by atoms with Crippen molar-refractivity contribution in [3.05, 3.63) is 42.8 Å². The highest BCUT2D eigenvalue weighted by atomic mass is 79.9. The molecule has 0 radical (unpaired) electrons. The molecule has 0 atom stereocenters. The second-order valence-corrected chi connectivity index (χ2v) is 5.68. The van der Waals surface area contributed by atoms with Gasteiger partial charge in [0.25, 0.3) is 0 Å². The lowest BCUT2D eigenvalue weighted by atomic mass is 10.1. The van der Waals surface area contributed by atoms with Crippen LogP contribution in [-0.4, -0.2) is 16.3 Å². The number of nitrogens with one attached hydrogen (secondary N) is 1. The van der Waals surface area contributed by atoms with E-state index < -0.39 is 0 Å². The summed E-state index contributed by atoms with van der Waals surface area (Å²) in [6, 6.07) is 5.79. The molecule has 2 N–H and O–H groups in total. The molecule has 2 heterocycles. The number of hydrogen-bond donors (Lipinski definition) is 2. The van der Waals surface area contributed by atoms with Crippen LogP contribution in [0.1, 0.15) is 10.4 Å². The topological polar surface area (TPSA) is 65.5 Å². The monoisotopic (exact) mass is 322 g/mol. The van der Waals surface area contributed by atoms with Crippen molar-refractivity contribution in [3.63, 3.8) is 0 Å². The minimum absolute atomic E-state index is 0.102. The summed E-state index contributed by atoms with van der Waals surface area (Å²) in [5, 5.41) is 9.55. The SMILES string of the molecule is O=c1[nH]c(O)c(/C=C2\C=Nc3ccc(Br)cc32)s1. The number of hydrogen-bond acceptors (Lipinski definition) is 4. The Bertz CT molecular complexity index is 743. The van der Waals surface area contributed by atoms with E-state index in [4.69, 9.17) is 0 Å². The van der Waals surface area contributed by atoms with E-state index in [-0.39, 0.29) is 10.8 Å². The molecule has 6 heteroatoms. The molecule has 0 saturated carbocycles. The van der Waals surface area contributed by atoms with Crippen molar-refractivity contribution in [2.75, 3.05) is 0 Å². The highest BCUT2D eigenvalue weighted by Crippen LogP contribution is 2.35. The van der Waals surface area contributed by atoms with E-state index in [1.165, 1.54) is 0 Å². The number of H-pyrrole nitrogens is 1. The number of rotatable bonds is 1. The van der Waals surface area contributed by atoms with Crippen LogP contribution in [0.3, 0.4) is 0 Å². The lowest BCUT2D eigenvalue weighted by Crippen LogP contribution is -1.89. The summed E-state index contributed by atoms with van der Waals surface area (Å²) < 4.78 is 0.962. The normalized spacial score (nSPS) is 15.3. The van der Waals surface area contributed by atoms with Crippen molar-refractivity contribution >= 4 is 50.8 Å². The van der Waals surface area contributed by atoms with Gasteiger partial charge in [0.2, 0.25) is 5.88 Å². The zero-order chi connectivity index (χ0) is 12.7. The number of aromatic nitrogens is 1. The molecule has 90 valence electrons. The minimum atomic E-state index is -0.274. The van der Waals surface area contributed by atoms with Crippen molar-refractivity contribution in [2.45, 2.75) is 0 Å². The molecule has 0 saturated heterocycles. The third kappa shape index (κ3) is 1.93. The standard InChI is InChI=1S/C12H7BrN2O2S/c13-7-1-2-9-8(4-7)6(5-14-9)3-10-11(16)15-12(17)18-10/h1-5,16H,(H,15,17)/b6-3+. The van der Waals surface area contributed by atoms with Gasteiger partial charge in [-0.2, -0.15) is 0 Å². The smallest absolute Gasteiger partial charge is 0.307 e. The van der Waals surface area contributed by atoms with Crippen LogP contribution in [0.4, 0.5) is 5.69 Å². The third-order valence-electron chi connectivity index (χ3n) is 2.56. The Kier molecular flexibility index (Phi) is 2.68. The first-order valence-corrected chi connectivity index (χ1v) is 6.72. The summed E-state index contributed by atoms with van der Waals surface area (Å²) >= 11 is 4.38. The van der Waals surface area contributed by atoms with Gasteiger partial charge in [-0.3, -0.25) is 14.8 Å². The molecule has 3 rings (SSSR count). The molecule has 4 nitrogen and oxygen atoms in total. The van der Waals surface area contributed by atoms with Crippen LogP contribution in [0, 0.1) is 0 Å². The minimum Gasteiger partial charge on any atom is -0.493 e. The first kappa shape index (κ1) is 11.4. The van der Waals surface area contributed by atoms with Gasteiger partial charge in [0.1, 0.15) is 0 Å². The summed E-state index contributed by atoms with van der Waals surface area (Å²) in [5.41, 5.74) is 2.73. The average Bonchev–Trinajstić information content (AvgIpc) is 2.84. The number of allylic oxidation sites excluding steroid dienone is 1. The highest BCUT2D eigenvalue weighted by Gasteiger charge is 2.14. The quantitative estimate of drug-likeness (QED) is 0.847. The van der Waals surface area contributed by atoms with Gasteiger partial charge in [-0.05, 0) is 24.3 Å². The highest BCUT2D eigenvalue weighted by molar-refractivity contribution is 9.10. The number of thiazole rings is 1. The number of aromatic hydroxyl groups is 1. The second-order valence-electron chi connectivity index (χ2n) is 3.75. The largest absolute Gasteiger partial charge is 0.493 e. The number of fused-ring (bicyclic) bond motifs is 1. The van der Waals surface area contributed by atoms with E-state index in [0.29, 0.717) is 4.88 Å². The van der Waals surface area contributed by atoms with Crippen LogP contribution < -0.4 is 4.87 Å². The molecular formula is C12H7BrN2O2S. The molecule has 0 fully saturated rings. The van der Waals surface area contributed by atoms with Crippen molar-refractivity contribution in [1.82, 2.24) is 4.98 Å². The zero-order valence-electron chi connectivity index (χ0n) is 8.98. The van der Waals surface area contributed by atoms with E-state index in [1.807, 2.05) is 18.2 Å². The Hall–Kier alpha value is -1.66. The molecule has 0 unspecified atom stereocenters.